The first kappa shape index (κ1) is 16.0. The molecular weight excluding hydrogens is 287 g/mol. The fraction of sp³-hybridized carbons (Fsp3) is 0.294. The summed E-state index contributed by atoms with van der Waals surface area (Å²) in [6.07, 6.45) is 0.797. The van der Waals surface area contributed by atoms with Crippen molar-refractivity contribution in [3.8, 4) is 0 Å². The van der Waals surface area contributed by atoms with Gasteiger partial charge in [-0.05, 0) is 43.8 Å². The van der Waals surface area contributed by atoms with Crippen LogP contribution in [0.25, 0.3) is 0 Å². The molecule has 2 rings (SSSR count). The highest BCUT2D eigenvalue weighted by Gasteiger charge is 2.09. The van der Waals surface area contributed by atoms with Crippen molar-refractivity contribution >= 4 is 11.6 Å². The number of rotatable bonds is 6. The lowest BCUT2D eigenvalue weighted by atomic mass is 10.0. The van der Waals surface area contributed by atoms with Gasteiger partial charge in [0.25, 0.3) is 0 Å². The van der Waals surface area contributed by atoms with Crippen LogP contribution >= 0.6 is 11.6 Å². The molecule has 0 fully saturated rings. The molecule has 0 aliphatic heterocycles. The minimum absolute atomic E-state index is 0.0632. The van der Waals surface area contributed by atoms with Gasteiger partial charge in [-0.1, -0.05) is 41.9 Å². The molecule has 0 aromatic heterocycles. The highest BCUT2D eigenvalue weighted by Crippen LogP contribution is 2.19. The van der Waals surface area contributed by atoms with Crippen molar-refractivity contribution in [3.63, 3.8) is 0 Å². The molecule has 0 radical (unpaired) electrons. The predicted molar refractivity (Wildman–Crippen MR) is 85.7 cm³/mol. The van der Waals surface area contributed by atoms with Crippen LogP contribution in [0.1, 0.15) is 23.6 Å². The van der Waals surface area contributed by atoms with Crippen molar-refractivity contribution in [2.75, 3.05) is 13.6 Å². The molecular formula is C17H20ClFN2. The van der Waals surface area contributed by atoms with Gasteiger partial charge in [0.1, 0.15) is 5.82 Å². The Hall–Kier alpha value is -1.42. The summed E-state index contributed by atoms with van der Waals surface area (Å²) >= 11 is 5.97. The number of nitrogens with zero attached hydrogens (tertiary/aromatic N) is 1. The van der Waals surface area contributed by atoms with Crippen molar-refractivity contribution in [1.29, 1.82) is 0 Å². The zero-order valence-electron chi connectivity index (χ0n) is 12.1. The molecule has 0 bridgehead atoms. The Labute approximate surface area is 130 Å². The Kier molecular flexibility index (Phi) is 5.74. The topological polar surface area (TPSA) is 29.3 Å². The monoisotopic (exact) mass is 306 g/mol. The number of benzene rings is 2. The van der Waals surface area contributed by atoms with E-state index in [-0.39, 0.29) is 11.9 Å². The van der Waals surface area contributed by atoms with Gasteiger partial charge in [0.2, 0.25) is 0 Å². The van der Waals surface area contributed by atoms with Gasteiger partial charge in [-0.25, -0.2) is 4.39 Å². The zero-order chi connectivity index (χ0) is 15.2. The molecule has 0 spiro atoms. The number of hydrogen-bond donors (Lipinski definition) is 1. The second-order valence-corrected chi connectivity index (χ2v) is 5.72. The summed E-state index contributed by atoms with van der Waals surface area (Å²) in [5.74, 6) is -0.163. The second-order valence-electron chi connectivity index (χ2n) is 5.28. The van der Waals surface area contributed by atoms with E-state index in [4.69, 9.17) is 17.3 Å². The summed E-state index contributed by atoms with van der Waals surface area (Å²) in [5, 5.41) is 0.697. The van der Waals surface area contributed by atoms with E-state index >= 15 is 0 Å². The van der Waals surface area contributed by atoms with Crippen molar-refractivity contribution in [1.82, 2.24) is 4.90 Å². The Morgan fingerprint density at radius 2 is 1.95 bits per heavy atom. The average molecular weight is 307 g/mol. The van der Waals surface area contributed by atoms with Crippen LogP contribution < -0.4 is 5.73 Å². The van der Waals surface area contributed by atoms with E-state index in [1.807, 2.05) is 43.4 Å². The number of nitrogens with two attached hydrogens (primary N) is 1. The fourth-order valence-electron chi connectivity index (χ4n) is 2.26. The SMILES string of the molecule is CN(CCC(N)c1cccc(Cl)c1)Cc1ccccc1F. The molecule has 0 heterocycles. The molecule has 2 N–H and O–H groups in total. The molecule has 2 nitrogen and oxygen atoms in total. The van der Waals surface area contributed by atoms with E-state index in [9.17, 15) is 4.39 Å². The Morgan fingerprint density at radius 1 is 1.19 bits per heavy atom. The van der Waals surface area contributed by atoms with E-state index in [0.717, 1.165) is 18.5 Å². The molecule has 21 heavy (non-hydrogen) atoms. The van der Waals surface area contributed by atoms with Crippen LogP contribution in [-0.2, 0) is 6.54 Å². The van der Waals surface area contributed by atoms with Crippen molar-refractivity contribution in [2.24, 2.45) is 5.73 Å². The van der Waals surface area contributed by atoms with Gasteiger partial charge in [-0.15, -0.1) is 0 Å². The standard InChI is InChI=1S/C17H20ClFN2/c1-21(12-14-5-2-3-8-16(14)19)10-9-17(20)13-6-4-7-15(18)11-13/h2-8,11,17H,9-10,12,20H2,1H3. The Bertz CT molecular complexity index is 589. The first-order valence-corrected chi connectivity index (χ1v) is 7.37. The third-order valence-corrected chi connectivity index (χ3v) is 3.73. The zero-order valence-corrected chi connectivity index (χ0v) is 12.9. The van der Waals surface area contributed by atoms with Gasteiger partial charge >= 0.3 is 0 Å². The Balaban J connectivity index is 1.86. The van der Waals surface area contributed by atoms with E-state index in [0.29, 0.717) is 17.1 Å². The van der Waals surface area contributed by atoms with Crippen LogP contribution in [0.2, 0.25) is 5.02 Å². The van der Waals surface area contributed by atoms with Crippen LogP contribution in [0.15, 0.2) is 48.5 Å². The van der Waals surface area contributed by atoms with Crippen LogP contribution in [0.3, 0.4) is 0 Å². The lowest BCUT2D eigenvalue weighted by Gasteiger charge is -2.20. The minimum atomic E-state index is -0.163. The number of halogens is 2. The summed E-state index contributed by atoms with van der Waals surface area (Å²) in [4.78, 5) is 2.07. The van der Waals surface area contributed by atoms with E-state index in [2.05, 4.69) is 4.90 Å². The van der Waals surface area contributed by atoms with Gasteiger partial charge < -0.3 is 10.6 Å². The maximum Gasteiger partial charge on any atom is 0.127 e. The third-order valence-electron chi connectivity index (χ3n) is 3.50. The van der Waals surface area contributed by atoms with Gasteiger partial charge in [0, 0.05) is 23.2 Å². The summed E-state index contributed by atoms with van der Waals surface area (Å²) in [6.45, 7) is 1.37. The van der Waals surface area contributed by atoms with E-state index in [1.165, 1.54) is 6.07 Å². The maximum absolute atomic E-state index is 13.6. The van der Waals surface area contributed by atoms with Crippen LogP contribution in [-0.4, -0.2) is 18.5 Å². The summed E-state index contributed by atoms with van der Waals surface area (Å²) in [7, 11) is 1.97. The molecule has 0 aliphatic rings. The molecule has 2 aromatic carbocycles. The van der Waals surface area contributed by atoms with Gasteiger partial charge in [0.05, 0.1) is 0 Å². The second kappa shape index (κ2) is 7.55. The van der Waals surface area contributed by atoms with Crippen molar-refractivity contribution < 1.29 is 4.39 Å². The third kappa shape index (κ3) is 4.81. The maximum atomic E-state index is 13.6. The van der Waals surface area contributed by atoms with Crippen LogP contribution in [0.4, 0.5) is 4.39 Å². The fourth-order valence-corrected chi connectivity index (χ4v) is 2.46. The van der Waals surface area contributed by atoms with E-state index < -0.39 is 0 Å². The quantitative estimate of drug-likeness (QED) is 0.874. The summed E-state index contributed by atoms with van der Waals surface area (Å²) in [5.41, 5.74) is 7.91. The lowest BCUT2D eigenvalue weighted by molar-refractivity contribution is 0.307. The van der Waals surface area contributed by atoms with E-state index in [1.54, 1.807) is 6.07 Å². The van der Waals surface area contributed by atoms with Crippen molar-refractivity contribution in [3.05, 3.63) is 70.5 Å². The normalized spacial score (nSPS) is 12.6. The minimum Gasteiger partial charge on any atom is -0.324 e. The summed E-state index contributed by atoms with van der Waals surface area (Å²) < 4.78 is 13.6. The molecule has 1 atom stereocenters. The largest absolute Gasteiger partial charge is 0.324 e. The van der Waals surface area contributed by atoms with Gasteiger partial charge in [-0.3, -0.25) is 0 Å². The van der Waals surface area contributed by atoms with Gasteiger partial charge in [0.15, 0.2) is 0 Å². The summed E-state index contributed by atoms with van der Waals surface area (Å²) in [6, 6.07) is 14.4. The molecule has 2 aromatic rings. The molecule has 0 saturated carbocycles. The number of hydrogen-bond acceptors (Lipinski definition) is 2. The molecule has 1 unspecified atom stereocenters. The highest BCUT2D eigenvalue weighted by molar-refractivity contribution is 6.30. The molecule has 0 saturated heterocycles. The first-order valence-electron chi connectivity index (χ1n) is 6.99. The molecule has 0 amide bonds. The first-order chi connectivity index (χ1) is 10.1. The van der Waals surface area contributed by atoms with Crippen LogP contribution in [0, 0.1) is 5.82 Å². The predicted octanol–water partition coefficient (Wildman–Crippen LogP) is 4.00. The lowest BCUT2D eigenvalue weighted by Crippen LogP contribution is -2.23. The molecule has 0 aliphatic carbocycles. The Morgan fingerprint density at radius 3 is 2.67 bits per heavy atom. The van der Waals surface area contributed by atoms with Gasteiger partial charge in [-0.2, -0.15) is 0 Å². The highest BCUT2D eigenvalue weighted by atomic mass is 35.5. The molecule has 4 heteroatoms. The average Bonchev–Trinajstić information content (AvgIpc) is 2.47. The molecule has 112 valence electrons. The smallest absolute Gasteiger partial charge is 0.127 e. The van der Waals surface area contributed by atoms with Crippen molar-refractivity contribution in [2.45, 2.75) is 19.0 Å². The van der Waals surface area contributed by atoms with Crippen LogP contribution in [0.5, 0.6) is 0 Å².